The summed E-state index contributed by atoms with van der Waals surface area (Å²) in [4.78, 5) is 42.2. The third-order valence-corrected chi connectivity index (χ3v) is 5.30. The fourth-order valence-electron chi connectivity index (χ4n) is 4.12. The number of carbonyl (C=O) groups excluding carboxylic acids is 3. The standard InChI is InChI=1S/C18H20FN3O2.CH4O.CH2O/c1-10(8-16-20-14-7-6-11(19)9-15(14)21-16)22-17(23)12-4-2-3-5-13(12)18(22)24;2*1-2/h6-7,9-10,12-13H,2-5,8H2,1H3,(H,20,21);2H,1H3;1H2. The maximum absolute atomic E-state index is 13.3. The highest BCUT2D eigenvalue weighted by molar-refractivity contribution is 6.05. The van der Waals surface area contributed by atoms with Gasteiger partial charge >= 0.3 is 0 Å². The Labute approximate surface area is 162 Å². The van der Waals surface area contributed by atoms with Crippen LogP contribution in [-0.2, 0) is 20.8 Å². The third-order valence-electron chi connectivity index (χ3n) is 5.30. The molecule has 2 fully saturated rings. The molecule has 2 amide bonds. The molecule has 1 aliphatic carbocycles. The van der Waals surface area contributed by atoms with E-state index in [4.69, 9.17) is 9.90 Å². The van der Waals surface area contributed by atoms with Gasteiger partial charge in [0.1, 0.15) is 18.4 Å². The number of aliphatic hydroxyl groups excluding tert-OH is 1. The van der Waals surface area contributed by atoms with Crippen LogP contribution in [0.4, 0.5) is 4.39 Å². The minimum absolute atomic E-state index is 0.0284. The molecule has 1 aromatic carbocycles. The molecule has 1 saturated heterocycles. The Morgan fingerprint density at radius 2 is 1.79 bits per heavy atom. The molecule has 2 aliphatic rings. The highest BCUT2D eigenvalue weighted by Gasteiger charge is 2.49. The first-order valence-electron chi connectivity index (χ1n) is 9.29. The van der Waals surface area contributed by atoms with Crippen molar-refractivity contribution < 1.29 is 23.9 Å². The fraction of sp³-hybridized carbons (Fsp3) is 0.500. The van der Waals surface area contributed by atoms with Crippen LogP contribution in [0.1, 0.15) is 38.4 Å². The van der Waals surface area contributed by atoms with E-state index in [-0.39, 0.29) is 35.5 Å². The van der Waals surface area contributed by atoms with E-state index in [1.807, 2.05) is 13.7 Å². The van der Waals surface area contributed by atoms with E-state index in [0.717, 1.165) is 32.8 Å². The normalized spacial score (nSPS) is 22.1. The molecule has 152 valence electrons. The predicted molar refractivity (Wildman–Crippen MR) is 102 cm³/mol. The van der Waals surface area contributed by atoms with Crippen molar-refractivity contribution >= 4 is 29.6 Å². The Hall–Kier alpha value is -2.61. The molecule has 2 N–H and O–H groups in total. The molecule has 0 radical (unpaired) electrons. The van der Waals surface area contributed by atoms with Crippen LogP contribution in [0.15, 0.2) is 18.2 Å². The summed E-state index contributed by atoms with van der Waals surface area (Å²) >= 11 is 0. The number of benzene rings is 1. The lowest BCUT2D eigenvalue weighted by Crippen LogP contribution is -2.40. The number of H-pyrrole nitrogens is 1. The first-order valence-corrected chi connectivity index (χ1v) is 9.29. The van der Waals surface area contributed by atoms with E-state index >= 15 is 0 Å². The maximum Gasteiger partial charge on any atom is 0.233 e. The summed E-state index contributed by atoms with van der Waals surface area (Å²) in [7, 11) is 1.00. The van der Waals surface area contributed by atoms with Gasteiger partial charge in [0.2, 0.25) is 11.8 Å². The number of hydrogen-bond donors (Lipinski definition) is 2. The molecule has 1 aromatic heterocycles. The minimum Gasteiger partial charge on any atom is -0.400 e. The molecule has 1 saturated carbocycles. The minimum atomic E-state index is -0.320. The Bertz CT molecular complexity index is 814. The SMILES string of the molecule is C=O.CC(Cc1nc2ccc(F)cc2[nH]1)N1C(=O)C2CCCCC2C1=O.CO. The summed E-state index contributed by atoms with van der Waals surface area (Å²) in [6.45, 7) is 3.88. The average molecular weight is 391 g/mol. The van der Waals surface area contributed by atoms with Gasteiger partial charge in [0.25, 0.3) is 0 Å². The number of fused-ring (bicyclic) bond motifs is 2. The summed E-state index contributed by atoms with van der Waals surface area (Å²) < 4.78 is 13.3. The molecule has 8 heteroatoms. The molecule has 1 aliphatic heterocycles. The van der Waals surface area contributed by atoms with Crippen LogP contribution in [0.3, 0.4) is 0 Å². The number of carbonyl (C=O) groups is 3. The van der Waals surface area contributed by atoms with Crippen molar-refractivity contribution in [2.75, 3.05) is 7.11 Å². The number of imide groups is 1. The molecule has 2 aromatic rings. The van der Waals surface area contributed by atoms with E-state index in [0.29, 0.717) is 23.3 Å². The number of amides is 2. The number of nitrogens with zero attached hydrogens (tertiary/aromatic N) is 2. The number of halogens is 1. The topological polar surface area (TPSA) is 103 Å². The second-order valence-corrected chi connectivity index (χ2v) is 6.94. The number of aliphatic hydroxyl groups is 1. The van der Waals surface area contributed by atoms with E-state index in [2.05, 4.69) is 9.97 Å². The number of nitrogens with one attached hydrogen (secondary N) is 1. The van der Waals surface area contributed by atoms with Crippen molar-refractivity contribution in [3.63, 3.8) is 0 Å². The molecule has 3 unspecified atom stereocenters. The molecule has 7 nitrogen and oxygen atoms in total. The number of aromatic nitrogens is 2. The molecule has 2 heterocycles. The van der Waals surface area contributed by atoms with Gasteiger partial charge in [0.15, 0.2) is 0 Å². The van der Waals surface area contributed by atoms with Crippen molar-refractivity contribution in [2.24, 2.45) is 11.8 Å². The summed E-state index contributed by atoms with van der Waals surface area (Å²) in [5, 5.41) is 7.00. The van der Waals surface area contributed by atoms with Gasteiger partial charge in [0.05, 0.1) is 22.9 Å². The van der Waals surface area contributed by atoms with Crippen molar-refractivity contribution in [3.05, 3.63) is 29.8 Å². The summed E-state index contributed by atoms with van der Waals surface area (Å²) in [6.07, 6.45) is 4.15. The number of imidazole rings is 1. The van der Waals surface area contributed by atoms with E-state index in [9.17, 15) is 14.0 Å². The Morgan fingerprint density at radius 3 is 2.36 bits per heavy atom. The Morgan fingerprint density at radius 1 is 1.21 bits per heavy atom. The lowest BCUT2D eigenvalue weighted by molar-refractivity contribution is -0.142. The molecule has 0 spiro atoms. The van der Waals surface area contributed by atoms with Gasteiger partial charge in [0, 0.05) is 19.6 Å². The van der Waals surface area contributed by atoms with Crippen LogP contribution in [-0.4, -0.2) is 51.7 Å². The summed E-state index contributed by atoms with van der Waals surface area (Å²) in [6, 6.07) is 4.14. The second kappa shape index (κ2) is 9.54. The average Bonchev–Trinajstić information content (AvgIpc) is 3.23. The molecule has 3 atom stereocenters. The fourth-order valence-corrected chi connectivity index (χ4v) is 4.12. The van der Waals surface area contributed by atoms with Crippen LogP contribution >= 0.6 is 0 Å². The van der Waals surface area contributed by atoms with E-state index < -0.39 is 0 Å². The van der Waals surface area contributed by atoms with Crippen LogP contribution in [0.5, 0.6) is 0 Å². The van der Waals surface area contributed by atoms with Gasteiger partial charge in [-0.2, -0.15) is 0 Å². The number of rotatable bonds is 3. The number of hydrogen-bond acceptors (Lipinski definition) is 5. The van der Waals surface area contributed by atoms with Gasteiger partial charge in [-0.1, -0.05) is 12.8 Å². The highest BCUT2D eigenvalue weighted by Crippen LogP contribution is 2.39. The summed E-state index contributed by atoms with van der Waals surface area (Å²) in [5.41, 5.74) is 1.32. The van der Waals surface area contributed by atoms with Crippen LogP contribution in [0, 0.1) is 17.7 Å². The third kappa shape index (κ3) is 4.11. The van der Waals surface area contributed by atoms with Gasteiger partial charge in [-0.05, 0) is 38.0 Å². The largest absolute Gasteiger partial charge is 0.400 e. The monoisotopic (exact) mass is 391 g/mol. The van der Waals surface area contributed by atoms with Gasteiger partial charge < -0.3 is 14.9 Å². The molecule has 28 heavy (non-hydrogen) atoms. The first kappa shape index (κ1) is 21.7. The van der Waals surface area contributed by atoms with Gasteiger partial charge in [-0.25, -0.2) is 9.37 Å². The van der Waals surface area contributed by atoms with Crippen LogP contribution in [0.2, 0.25) is 0 Å². The van der Waals surface area contributed by atoms with Gasteiger partial charge in [-0.3, -0.25) is 14.5 Å². The molecule has 4 rings (SSSR count). The van der Waals surface area contributed by atoms with Crippen molar-refractivity contribution in [2.45, 2.75) is 45.1 Å². The van der Waals surface area contributed by atoms with Crippen molar-refractivity contribution in [3.8, 4) is 0 Å². The quantitative estimate of drug-likeness (QED) is 0.781. The number of aromatic amines is 1. The molecule has 0 bridgehead atoms. The van der Waals surface area contributed by atoms with Crippen molar-refractivity contribution in [1.82, 2.24) is 14.9 Å². The highest BCUT2D eigenvalue weighted by atomic mass is 19.1. The number of likely N-dealkylation sites (tertiary alicyclic amines) is 1. The Kier molecular flexibility index (Phi) is 7.39. The van der Waals surface area contributed by atoms with E-state index in [1.54, 1.807) is 6.07 Å². The maximum atomic E-state index is 13.3. The smallest absolute Gasteiger partial charge is 0.233 e. The Balaban J connectivity index is 0.000000660. The van der Waals surface area contributed by atoms with E-state index in [1.165, 1.54) is 17.0 Å². The zero-order valence-corrected chi connectivity index (χ0v) is 16.2. The molecular weight excluding hydrogens is 365 g/mol. The van der Waals surface area contributed by atoms with Crippen LogP contribution in [0.25, 0.3) is 11.0 Å². The second-order valence-electron chi connectivity index (χ2n) is 6.94. The van der Waals surface area contributed by atoms with Gasteiger partial charge in [-0.15, -0.1) is 0 Å². The zero-order chi connectivity index (χ0) is 20.8. The molecular formula is C20H26FN3O4. The summed E-state index contributed by atoms with van der Waals surface area (Å²) in [5.74, 6) is 0.0361. The zero-order valence-electron chi connectivity index (χ0n) is 16.2. The lowest BCUT2D eigenvalue weighted by atomic mass is 9.81. The lowest BCUT2D eigenvalue weighted by Gasteiger charge is -2.22. The first-order chi connectivity index (χ1) is 13.5. The van der Waals surface area contributed by atoms with Crippen molar-refractivity contribution in [1.29, 1.82) is 0 Å². The predicted octanol–water partition coefficient (Wildman–Crippen LogP) is 2.23. The van der Waals surface area contributed by atoms with Crippen LogP contribution < -0.4 is 0 Å².